The fourth-order valence-electron chi connectivity index (χ4n) is 13.9. The highest BCUT2D eigenvalue weighted by molar-refractivity contribution is 5.76. The summed E-state index contributed by atoms with van der Waals surface area (Å²) in [6.45, 7) is 8.50. The van der Waals surface area contributed by atoms with Gasteiger partial charge in [-0.25, -0.2) is 0 Å². The molecule has 7 N–H and O–H groups in total. The Morgan fingerprint density at radius 2 is 1.62 bits per heavy atom. The van der Waals surface area contributed by atoms with Crippen molar-refractivity contribution >= 4 is 5.97 Å². The molecule has 1 saturated heterocycles. The van der Waals surface area contributed by atoms with Crippen LogP contribution in [0.2, 0.25) is 0 Å². The summed E-state index contributed by atoms with van der Waals surface area (Å²) in [6.07, 6.45) is 4.69. The highest BCUT2D eigenvalue weighted by Gasteiger charge is 2.78. The Balaban J connectivity index is 1.29. The van der Waals surface area contributed by atoms with Gasteiger partial charge < -0.3 is 45.2 Å². The zero-order chi connectivity index (χ0) is 34.0. The average Bonchev–Trinajstić information content (AvgIpc) is 3.02. The quantitative estimate of drug-likeness (QED) is 0.171. The SMILES string of the molecule is CC1(CO)CCC2(C(=O)O)CCC34CCCC5(CC=C3C2C1)C1(C)CC(O)C(OC2OCC(O)C(O)C2O)C(C)(CO)C1CCC45C. The summed E-state index contributed by atoms with van der Waals surface area (Å²) >= 11 is 0. The third kappa shape index (κ3) is 4.16. The highest BCUT2D eigenvalue weighted by atomic mass is 16.7. The van der Waals surface area contributed by atoms with Gasteiger partial charge in [0.25, 0.3) is 0 Å². The molecule has 7 rings (SSSR count). The number of hydrogen-bond donors (Lipinski definition) is 7. The first kappa shape index (κ1) is 34.3. The van der Waals surface area contributed by atoms with E-state index in [1.54, 1.807) is 0 Å². The van der Waals surface area contributed by atoms with Crippen LogP contribution in [0.1, 0.15) is 105 Å². The smallest absolute Gasteiger partial charge is 0.310 e. The minimum atomic E-state index is -1.49. The van der Waals surface area contributed by atoms with Gasteiger partial charge in [-0.2, -0.15) is 0 Å². The van der Waals surface area contributed by atoms with Gasteiger partial charge >= 0.3 is 5.97 Å². The molecule has 0 aromatic heterocycles. The van der Waals surface area contributed by atoms with Gasteiger partial charge in [-0.1, -0.05) is 45.8 Å². The molecule has 0 radical (unpaired) electrons. The first-order chi connectivity index (χ1) is 22.0. The van der Waals surface area contributed by atoms with Crippen molar-refractivity contribution in [3.05, 3.63) is 11.6 Å². The maximum atomic E-state index is 13.1. The normalized spacial score (nSPS) is 57.1. The van der Waals surface area contributed by atoms with E-state index in [9.17, 15) is 40.5 Å². The molecule has 6 aliphatic carbocycles. The first-order valence-electron chi connectivity index (χ1n) is 18.2. The van der Waals surface area contributed by atoms with Gasteiger partial charge in [-0.05, 0) is 110 Å². The van der Waals surface area contributed by atoms with Crippen molar-refractivity contribution in [2.24, 2.45) is 49.7 Å². The Labute approximate surface area is 278 Å². The number of hydrogen-bond acceptors (Lipinski definition) is 9. The number of fused-ring (bicyclic) bond motifs is 3. The maximum Gasteiger partial charge on any atom is 0.310 e. The number of aliphatic hydroxyl groups excluding tert-OH is 6. The predicted molar refractivity (Wildman–Crippen MR) is 171 cm³/mol. The van der Waals surface area contributed by atoms with Gasteiger partial charge in [0.2, 0.25) is 0 Å². The molecule has 6 fully saturated rings. The number of carbonyl (C=O) groups is 1. The van der Waals surface area contributed by atoms with Crippen molar-refractivity contribution < 1.29 is 50.0 Å². The molecule has 7 aliphatic rings. The van der Waals surface area contributed by atoms with Crippen molar-refractivity contribution in [2.75, 3.05) is 19.8 Å². The number of aliphatic carboxylic acids is 1. The monoisotopic (exact) mass is 662 g/mol. The van der Waals surface area contributed by atoms with E-state index in [4.69, 9.17) is 9.47 Å². The van der Waals surface area contributed by atoms with Crippen molar-refractivity contribution in [2.45, 2.75) is 142 Å². The molecule has 10 nitrogen and oxygen atoms in total. The lowest BCUT2D eigenvalue weighted by molar-refractivity contribution is -0.342. The molecular formula is C37H58O10. The molecule has 1 spiro atoms. The van der Waals surface area contributed by atoms with Crippen LogP contribution in [0.5, 0.6) is 0 Å². The van der Waals surface area contributed by atoms with Crippen LogP contribution in [0, 0.1) is 49.7 Å². The molecular weight excluding hydrogens is 604 g/mol. The summed E-state index contributed by atoms with van der Waals surface area (Å²) in [5.74, 6) is -0.816. The lowest BCUT2D eigenvalue weighted by Crippen LogP contribution is -2.74. The molecule has 2 bridgehead atoms. The van der Waals surface area contributed by atoms with Crippen LogP contribution in [0.4, 0.5) is 0 Å². The zero-order valence-corrected chi connectivity index (χ0v) is 28.7. The molecule has 0 aromatic rings. The summed E-state index contributed by atoms with van der Waals surface area (Å²) in [5.41, 5.74) is -1.50. The van der Waals surface area contributed by atoms with E-state index < -0.39 is 53.6 Å². The van der Waals surface area contributed by atoms with Gasteiger partial charge in [-0.3, -0.25) is 4.79 Å². The van der Waals surface area contributed by atoms with E-state index in [0.29, 0.717) is 25.7 Å². The molecule has 47 heavy (non-hydrogen) atoms. The maximum absolute atomic E-state index is 13.1. The summed E-state index contributed by atoms with van der Waals surface area (Å²) in [7, 11) is 0. The fourth-order valence-corrected chi connectivity index (χ4v) is 13.9. The van der Waals surface area contributed by atoms with Gasteiger partial charge in [0.1, 0.15) is 18.3 Å². The average molecular weight is 663 g/mol. The topological polar surface area (TPSA) is 177 Å². The number of ether oxygens (including phenoxy) is 2. The molecule has 0 aromatic carbocycles. The van der Waals surface area contributed by atoms with Crippen LogP contribution in [0.3, 0.4) is 0 Å². The largest absolute Gasteiger partial charge is 0.481 e. The Hall–Kier alpha value is -1.11. The van der Waals surface area contributed by atoms with Crippen LogP contribution in [-0.2, 0) is 14.3 Å². The third-order valence-corrected chi connectivity index (χ3v) is 16.6. The lowest BCUT2D eigenvalue weighted by Gasteiger charge is -2.79. The summed E-state index contributed by atoms with van der Waals surface area (Å²) in [4.78, 5) is 13.1. The fraction of sp³-hybridized carbons (Fsp3) is 0.919. The minimum Gasteiger partial charge on any atom is -0.481 e. The summed E-state index contributed by atoms with van der Waals surface area (Å²) in [6, 6.07) is 0. The molecule has 0 amide bonds. The Morgan fingerprint density at radius 1 is 0.894 bits per heavy atom. The van der Waals surface area contributed by atoms with Gasteiger partial charge in [-0.15, -0.1) is 0 Å². The Morgan fingerprint density at radius 3 is 2.30 bits per heavy atom. The van der Waals surface area contributed by atoms with Crippen molar-refractivity contribution in [1.29, 1.82) is 0 Å². The second-order valence-electron chi connectivity index (χ2n) is 18.2. The first-order valence-corrected chi connectivity index (χ1v) is 18.2. The van der Waals surface area contributed by atoms with E-state index in [1.165, 1.54) is 5.57 Å². The molecule has 15 atom stereocenters. The van der Waals surface area contributed by atoms with Crippen LogP contribution < -0.4 is 0 Å². The molecule has 1 heterocycles. The minimum absolute atomic E-state index is 0.0168. The molecule has 1 aliphatic heterocycles. The third-order valence-electron chi connectivity index (χ3n) is 16.6. The standard InChI is InChI=1S/C37H58O10/c1-31(19-38)12-13-35(30(44)45)14-15-36-8-5-9-37(11-6-21(36)22(35)16-31)33(3)17-23(40)28(47-29-27(43)26(42)24(41)18-46-29)32(2,20-39)25(33)7-10-34(36,37)4/h6,22-29,38-43H,5,7-20H2,1-4H3,(H,44,45). The number of aliphatic hydroxyl groups is 6. The zero-order valence-electron chi connectivity index (χ0n) is 28.7. The molecule has 10 heteroatoms. The van der Waals surface area contributed by atoms with Gasteiger partial charge in [0.05, 0.1) is 30.8 Å². The molecule has 15 unspecified atom stereocenters. The van der Waals surface area contributed by atoms with Crippen LogP contribution in [-0.4, -0.2) is 98.3 Å². The number of rotatable bonds is 5. The Kier molecular flexibility index (Phi) is 8.00. The number of allylic oxidation sites excluding steroid dienone is 2. The highest BCUT2D eigenvalue weighted by Crippen LogP contribution is 2.83. The van der Waals surface area contributed by atoms with E-state index in [2.05, 4.69) is 26.8 Å². The second-order valence-corrected chi connectivity index (χ2v) is 18.2. The van der Waals surface area contributed by atoms with Crippen LogP contribution in [0.15, 0.2) is 11.6 Å². The van der Waals surface area contributed by atoms with Crippen molar-refractivity contribution in [3.8, 4) is 0 Å². The van der Waals surface area contributed by atoms with E-state index in [1.807, 2.05) is 6.92 Å². The van der Waals surface area contributed by atoms with E-state index in [-0.39, 0.29) is 58.7 Å². The van der Waals surface area contributed by atoms with Gasteiger partial charge in [0.15, 0.2) is 6.29 Å². The second kappa shape index (κ2) is 10.9. The van der Waals surface area contributed by atoms with E-state index in [0.717, 1.165) is 51.4 Å². The Bertz CT molecular complexity index is 1310. The van der Waals surface area contributed by atoms with Crippen LogP contribution >= 0.6 is 0 Å². The summed E-state index contributed by atoms with van der Waals surface area (Å²) < 4.78 is 11.9. The van der Waals surface area contributed by atoms with Crippen LogP contribution in [0.25, 0.3) is 0 Å². The number of carboxylic acids is 1. The molecule has 5 saturated carbocycles. The number of carboxylic acid groups (broad SMARTS) is 1. The van der Waals surface area contributed by atoms with E-state index >= 15 is 0 Å². The predicted octanol–water partition coefficient (Wildman–Crippen LogP) is 3.15. The summed E-state index contributed by atoms with van der Waals surface area (Å²) in [5, 5.41) is 75.4. The van der Waals surface area contributed by atoms with Gasteiger partial charge in [0, 0.05) is 12.0 Å². The lowest BCUT2D eigenvalue weighted by atomic mass is 9.25. The van der Waals surface area contributed by atoms with Crippen molar-refractivity contribution in [3.63, 3.8) is 0 Å². The van der Waals surface area contributed by atoms with Crippen molar-refractivity contribution in [1.82, 2.24) is 0 Å². The molecule has 266 valence electrons.